The topological polar surface area (TPSA) is 68.2 Å². The first-order valence-electron chi connectivity index (χ1n) is 8.85. The number of likely N-dealkylation sites (tertiary alicyclic amines) is 1. The van der Waals surface area contributed by atoms with Gasteiger partial charge in [0.05, 0.1) is 6.61 Å². The highest BCUT2D eigenvalue weighted by Gasteiger charge is 2.37. The molecule has 2 aromatic rings. The zero-order valence-corrected chi connectivity index (χ0v) is 14.1. The van der Waals surface area contributed by atoms with Crippen LogP contribution in [0, 0.1) is 11.8 Å². The maximum Gasteiger partial charge on any atom is 0.291 e. The van der Waals surface area contributed by atoms with Crippen LogP contribution in [0.25, 0.3) is 0 Å². The highest BCUT2D eigenvalue weighted by Crippen LogP contribution is 2.34. The van der Waals surface area contributed by atoms with Gasteiger partial charge in [-0.3, -0.25) is 9.78 Å². The fraction of sp³-hybridized carbons (Fsp3) is 0.474. The van der Waals surface area contributed by atoms with E-state index in [9.17, 15) is 4.79 Å². The molecule has 2 fully saturated rings. The molecule has 0 radical (unpaired) electrons. The fourth-order valence-corrected chi connectivity index (χ4v) is 3.42. The summed E-state index contributed by atoms with van der Waals surface area (Å²) in [6, 6.07) is 5.78. The summed E-state index contributed by atoms with van der Waals surface area (Å²) in [5, 5.41) is 0. The Bertz CT molecular complexity index is 706. The molecule has 25 heavy (non-hydrogen) atoms. The van der Waals surface area contributed by atoms with Crippen LogP contribution in [0.15, 0.2) is 43.0 Å². The van der Waals surface area contributed by atoms with Gasteiger partial charge < -0.3 is 9.64 Å². The number of hydrogen-bond donors (Lipinski definition) is 0. The minimum atomic E-state index is -0.107. The highest BCUT2D eigenvalue weighted by atomic mass is 16.5. The van der Waals surface area contributed by atoms with Crippen molar-refractivity contribution >= 4 is 5.91 Å². The van der Waals surface area contributed by atoms with E-state index in [4.69, 9.17) is 4.74 Å². The number of amides is 1. The van der Waals surface area contributed by atoms with Crippen molar-refractivity contribution in [3.63, 3.8) is 0 Å². The molecule has 6 heteroatoms. The first-order valence-corrected chi connectivity index (χ1v) is 8.85. The Morgan fingerprint density at radius 1 is 1.08 bits per heavy atom. The van der Waals surface area contributed by atoms with Gasteiger partial charge in [-0.15, -0.1) is 0 Å². The third kappa shape index (κ3) is 3.85. The van der Waals surface area contributed by atoms with E-state index < -0.39 is 0 Å². The fourth-order valence-electron chi connectivity index (χ4n) is 3.42. The Balaban J connectivity index is 1.48. The summed E-state index contributed by atoms with van der Waals surface area (Å²) in [4.78, 5) is 26.9. The van der Waals surface area contributed by atoms with Gasteiger partial charge in [-0.1, -0.05) is 0 Å². The van der Waals surface area contributed by atoms with Gasteiger partial charge in [0, 0.05) is 56.3 Å². The number of ether oxygens (including phenoxy) is 1. The molecule has 0 unspecified atom stereocenters. The highest BCUT2D eigenvalue weighted by molar-refractivity contribution is 5.90. The zero-order chi connectivity index (χ0) is 17.1. The molecule has 1 amide bonds. The number of rotatable bonds is 6. The Labute approximate surface area is 147 Å². The van der Waals surface area contributed by atoms with Gasteiger partial charge in [0.2, 0.25) is 5.82 Å². The largest absolute Gasteiger partial charge is 0.381 e. The molecule has 0 N–H and O–H groups in total. The third-order valence-electron chi connectivity index (χ3n) is 5.00. The van der Waals surface area contributed by atoms with Crippen LogP contribution in [0.5, 0.6) is 0 Å². The average molecular weight is 338 g/mol. The van der Waals surface area contributed by atoms with Crippen molar-refractivity contribution in [2.24, 2.45) is 11.8 Å². The van der Waals surface area contributed by atoms with Crippen LogP contribution < -0.4 is 0 Å². The van der Waals surface area contributed by atoms with Crippen molar-refractivity contribution in [3.05, 3.63) is 54.4 Å². The van der Waals surface area contributed by atoms with Crippen molar-refractivity contribution in [1.82, 2.24) is 19.9 Å². The van der Waals surface area contributed by atoms with Crippen molar-refractivity contribution < 1.29 is 9.53 Å². The van der Waals surface area contributed by atoms with Gasteiger partial charge in [0.1, 0.15) is 0 Å². The summed E-state index contributed by atoms with van der Waals surface area (Å²) in [7, 11) is 0. The quantitative estimate of drug-likeness (QED) is 0.807. The minimum Gasteiger partial charge on any atom is -0.381 e. The summed E-state index contributed by atoms with van der Waals surface area (Å²) in [6.07, 6.45) is 9.40. The minimum absolute atomic E-state index is 0.107. The van der Waals surface area contributed by atoms with E-state index >= 15 is 0 Å². The Morgan fingerprint density at radius 3 is 2.56 bits per heavy atom. The SMILES string of the molecule is O=C(c1ncccn1)N1C[C@@H](COCC2CC2)[C@H](c2ccncc2)C1. The standard InChI is InChI=1S/C19H22N4O2/c24-19(18-21-6-1-7-22-18)23-10-16(13-25-12-14-2-3-14)17(11-23)15-4-8-20-9-5-15/h1,4-9,14,16-17H,2-3,10-13H2/t16-,17-/m0/s1. The van der Waals surface area contributed by atoms with Gasteiger partial charge in [-0.2, -0.15) is 0 Å². The average Bonchev–Trinajstić information content (AvgIpc) is 3.40. The lowest BCUT2D eigenvalue weighted by molar-refractivity contribution is 0.0729. The lowest BCUT2D eigenvalue weighted by Crippen LogP contribution is -2.30. The van der Waals surface area contributed by atoms with E-state index in [-0.39, 0.29) is 23.6 Å². The molecule has 2 aromatic heterocycles. The zero-order valence-electron chi connectivity index (χ0n) is 14.1. The van der Waals surface area contributed by atoms with Crippen molar-refractivity contribution in [2.45, 2.75) is 18.8 Å². The van der Waals surface area contributed by atoms with Crippen molar-refractivity contribution in [3.8, 4) is 0 Å². The molecular weight excluding hydrogens is 316 g/mol. The van der Waals surface area contributed by atoms with E-state index in [1.165, 1.54) is 18.4 Å². The van der Waals surface area contributed by atoms with Gasteiger partial charge in [0.25, 0.3) is 5.91 Å². The molecule has 0 spiro atoms. The molecule has 0 aromatic carbocycles. The van der Waals surface area contributed by atoms with Crippen LogP contribution in [0.1, 0.15) is 34.9 Å². The summed E-state index contributed by atoms with van der Waals surface area (Å²) in [5.74, 6) is 1.44. The molecule has 1 aliphatic carbocycles. The lowest BCUT2D eigenvalue weighted by Gasteiger charge is -2.18. The molecule has 0 bridgehead atoms. The molecule has 6 nitrogen and oxygen atoms in total. The van der Waals surface area contributed by atoms with Gasteiger partial charge >= 0.3 is 0 Å². The van der Waals surface area contributed by atoms with E-state index in [2.05, 4.69) is 15.0 Å². The summed E-state index contributed by atoms with van der Waals surface area (Å²) < 4.78 is 5.94. The van der Waals surface area contributed by atoms with Crippen LogP contribution in [0.4, 0.5) is 0 Å². The smallest absolute Gasteiger partial charge is 0.291 e. The molecule has 2 atom stereocenters. The van der Waals surface area contributed by atoms with Crippen molar-refractivity contribution in [1.29, 1.82) is 0 Å². The summed E-state index contributed by atoms with van der Waals surface area (Å²) in [6.45, 7) is 2.87. The lowest BCUT2D eigenvalue weighted by atomic mass is 9.90. The van der Waals surface area contributed by atoms with E-state index in [0.717, 1.165) is 12.5 Å². The van der Waals surface area contributed by atoms with Crippen LogP contribution in [0.3, 0.4) is 0 Å². The number of carbonyl (C=O) groups excluding carboxylic acids is 1. The monoisotopic (exact) mass is 338 g/mol. The van der Waals surface area contributed by atoms with E-state index in [1.807, 2.05) is 29.4 Å². The summed E-state index contributed by atoms with van der Waals surface area (Å²) >= 11 is 0. The van der Waals surface area contributed by atoms with Gasteiger partial charge in [-0.25, -0.2) is 9.97 Å². The first kappa shape index (κ1) is 16.1. The number of hydrogen-bond acceptors (Lipinski definition) is 5. The number of aromatic nitrogens is 3. The maximum atomic E-state index is 12.7. The Hall–Kier alpha value is -2.34. The van der Waals surface area contributed by atoms with Crippen LogP contribution in [-0.4, -0.2) is 52.1 Å². The molecule has 130 valence electrons. The Kier molecular flexibility index (Phi) is 4.70. The third-order valence-corrected chi connectivity index (χ3v) is 5.00. The molecular formula is C19H22N4O2. The Morgan fingerprint density at radius 2 is 1.84 bits per heavy atom. The normalized spacial score (nSPS) is 23.0. The molecule has 3 heterocycles. The van der Waals surface area contributed by atoms with Gasteiger partial charge in [0.15, 0.2) is 0 Å². The first-order chi connectivity index (χ1) is 12.3. The van der Waals surface area contributed by atoms with Crippen LogP contribution in [0.2, 0.25) is 0 Å². The maximum absolute atomic E-state index is 12.7. The summed E-state index contributed by atoms with van der Waals surface area (Å²) in [5.41, 5.74) is 1.21. The molecule has 1 aliphatic heterocycles. The van der Waals surface area contributed by atoms with Gasteiger partial charge in [-0.05, 0) is 42.5 Å². The van der Waals surface area contributed by atoms with E-state index in [0.29, 0.717) is 19.7 Å². The van der Waals surface area contributed by atoms with Crippen LogP contribution >= 0.6 is 0 Å². The van der Waals surface area contributed by atoms with Crippen molar-refractivity contribution in [2.75, 3.05) is 26.3 Å². The molecule has 1 saturated heterocycles. The second-order valence-corrected chi connectivity index (χ2v) is 6.91. The number of nitrogens with zero attached hydrogens (tertiary/aromatic N) is 4. The predicted octanol–water partition coefficient (Wildman–Crippen LogP) is 2.15. The second kappa shape index (κ2) is 7.27. The second-order valence-electron chi connectivity index (χ2n) is 6.91. The number of pyridine rings is 1. The van der Waals surface area contributed by atoms with Crippen LogP contribution in [-0.2, 0) is 4.74 Å². The predicted molar refractivity (Wildman–Crippen MR) is 91.9 cm³/mol. The number of carbonyl (C=O) groups is 1. The molecule has 1 saturated carbocycles. The molecule has 4 rings (SSSR count). The molecule has 2 aliphatic rings. The van der Waals surface area contributed by atoms with E-state index in [1.54, 1.807) is 18.5 Å².